The van der Waals surface area contributed by atoms with Gasteiger partial charge in [0, 0.05) is 5.54 Å². The molecule has 0 aliphatic carbocycles. The number of rotatable bonds is 2. The van der Waals surface area contributed by atoms with Gasteiger partial charge < -0.3 is 9.64 Å². The predicted octanol–water partition coefficient (Wildman–Crippen LogP) is 4.49. The first-order chi connectivity index (χ1) is 9.59. The second-order valence-corrected chi connectivity index (χ2v) is 8.91. The van der Waals surface area contributed by atoms with Crippen LogP contribution in [0.25, 0.3) is 0 Å². The Morgan fingerprint density at radius 1 is 1.43 bits per heavy atom. The van der Waals surface area contributed by atoms with Crippen molar-refractivity contribution < 1.29 is 9.53 Å². The van der Waals surface area contributed by atoms with Crippen molar-refractivity contribution in [2.24, 2.45) is 0 Å². The fourth-order valence-electron chi connectivity index (χ4n) is 3.24. The SMILES string of the molecule is COc1cccc2c1N(C(=O)C(C)(C)Br)C(C)(C)C[C@H]2C. The van der Waals surface area contributed by atoms with Gasteiger partial charge in [-0.2, -0.15) is 0 Å². The van der Waals surface area contributed by atoms with E-state index in [1.165, 1.54) is 5.56 Å². The third-order valence-corrected chi connectivity index (χ3v) is 4.47. The van der Waals surface area contributed by atoms with E-state index in [0.717, 1.165) is 17.9 Å². The number of anilines is 1. The molecule has 0 unspecified atom stereocenters. The van der Waals surface area contributed by atoms with Crippen molar-refractivity contribution in [1.29, 1.82) is 0 Å². The molecule has 2 rings (SSSR count). The Morgan fingerprint density at radius 3 is 2.57 bits per heavy atom. The quantitative estimate of drug-likeness (QED) is 0.733. The second kappa shape index (κ2) is 5.31. The highest BCUT2D eigenvalue weighted by Crippen LogP contribution is 2.48. The molecule has 0 spiro atoms. The summed E-state index contributed by atoms with van der Waals surface area (Å²) in [5.41, 5.74) is 1.85. The highest BCUT2D eigenvalue weighted by Gasteiger charge is 2.45. The first-order valence-electron chi connectivity index (χ1n) is 7.30. The molecule has 0 aromatic heterocycles. The fourth-order valence-corrected chi connectivity index (χ4v) is 3.41. The van der Waals surface area contributed by atoms with Gasteiger partial charge in [0.05, 0.1) is 17.1 Å². The van der Waals surface area contributed by atoms with E-state index >= 15 is 0 Å². The lowest BCUT2D eigenvalue weighted by Gasteiger charge is -2.48. The monoisotopic (exact) mass is 353 g/mol. The van der Waals surface area contributed by atoms with Crippen LogP contribution in [0.1, 0.15) is 52.5 Å². The third-order valence-electron chi connectivity index (χ3n) is 4.13. The zero-order chi connectivity index (χ0) is 16.0. The number of para-hydroxylation sites is 1. The number of halogens is 1. The summed E-state index contributed by atoms with van der Waals surface area (Å²) in [6, 6.07) is 6.02. The lowest BCUT2D eigenvalue weighted by Crippen LogP contribution is -2.56. The Labute approximate surface area is 135 Å². The van der Waals surface area contributed by atoms with E-state index in [9.17, 15) is 4.79 Å². The molecule has 4 heteroatoms. The number of nitrogens with zero attached hydrogens (tertiary/aromatic N) is 1. The molecule has 0 radical (unpaired) electrons. The van der Waals surface area contributed by atoms with E-state index in [4.69, 9.17) is 4.74 Å². The average molecular weight is 354 g/mol. The highest BCUT2D eigenvalue weighted by molar-refractivity contribution is 9.10. The zero-order valence-corrected chi connectivity index (χ0v) is 15.2. The summed E-state index contributed by atoms with van der Waals surface area (Å²) in [5.74, 6) is 1.22. The van der Waals surface area contributed by atoms with Gasteiger partial charge in [-0.25, -0.2) is 0 Å². The number of hydrogen-bond donors (Lipinski definition) is 0. The smallest absolute Gasteiger partial charge is 0.243 e. The van der Waals surface area contributed by atoms with Crippen LogP contribution in [0.3, 0.4) is 0 Å². The molecule has 1 aromatic carbocycles. The lowest BCUT2D eigenvalue weighted by molar-refractivity contribution is -0.121. The number of methoxy groups -OCH3 is 1. The third kappa shape index (κ3) is 2.83. The Balaban J connectivity index is 2.69. The lowest BCUT2D eigenvalue weighted by atomic mass is 9.79. The number of amides is 1. The summed E-state index contributed by atoms with van der Waals surface area (Å²) in [6.45, 7) is 10.2. The number of fused-ring (bicyclic) bond motifs is 1. The molecule has 0 N–H and O–H groups in total. The van der Waals surface area contributed by atoms with Crippen molar-refractivity contribution in [1.82, 2.24) is 0 Å². The van der Waals surface area contributed by atoms with E-state index in [2.05, 4.69) is 42.8 Å². The van der Waals surface area contributed by atoms with Crippen LogP contribution in [-0.4, -0.2) is 22.9 Å². The van der Waals surface area contributed by atoms with Crippen LogP contribution >= 0.6 is 15.9 Å². The van der Waals surface area contributed by atoms with Gasteiger partial charge in [-0.1, -0.05) is 35.0 Å². The van der Waals surface area contributed by atoms with Crippen LogP contribution in [0.5, 0.6) is 5.75 Å². The first kappa shape index (κ1) is 16.3. The fraction of sp³-hybridized carbons (Fsp3) is 0.588. The number of ether oxygens (including phenoxy) is 1. The van der Waals surface area contributed by atoms with E-state index in [0.29, 0.717) is 5.92 Å². The summed E-state index contributed by atoms with van der Waals surface area (Å²) < 4.78 is 4.93. The molecule has 21 heavy (non-hydrogen) atoms. The van der Waals surface area contributed by atoms with E-state index in [-0.39, 0.29) is 11.4 Å². The van der Waals surface area contributed by atoms with Crippen molar-refractivity contribution in [3.05, 3.63) is 23.8 Å². The standard InChI is InChI=1S/C17H24BrNO2/c1-11-10-16(2,3)19(15(20)17(4,5)18)14-12(11)8-7-9-13(14)21-6/h7-9,11H,10H2,1-6H3/t11-/m1/s1. The molecule has 116 valence electrons. The minimum absolute atomic E-state index is 0.0603. The minimum atomic E-state index is -0.608. The largest absolute Gasteiger partial charge is 0.495 e. The first-order valence-corrected chi connectivity index (χ1v) is 8.09. The normalized spacial score (nSPS) is 20.9. The molecule has 0 fully saturated rings. The number of carbonyl (C=O) groups excluding carboxylic acids is 1. The summed E-state index contributed by atoms with van der Waals surface area (Å²) in [7, 11) is 1.66. The molecular formula is C17H24BrNO2. The van der Waals surface area contributed by atoms with Gasteiger partial charge in [0.25, 0.3) is 0 Å². The van der Waals surface area contributed by atoms with Gasteiger partial charge in [-0.05, 0) is 51.7 Å². The molecule has 1 aliphatic heterocycles. The molecule has 1 aliphatic rings. The summed E-state index contributed by atoms with van der Waals surface area (Å²) >= 11 is 3.51. The van der Waals surface area contributed by atoms with Gasteiger partial charge in [-0.3, -0.25) is 4.79 Å². The van der Waals surface area contributed by atoms with Crippen molar-refractivity contribution in [2.75, 3.05) is 12.0 Å². The molecule has 0 bridgehead atoms. The number of alkyl halides is 1. The van der Waals surface area contributed by atoms with E-state index < -0.39 is 4.32 Å². The van der Waals surface area contributed by atoms with Crippen LogP contribution in [0.15, 0.2) is 18.2 Å². The van der Waals surface area contributed by atoms with Gasteiger partial charge in [-0.15, -0.1) is 0 Å². The highest BCUT2D eigenvalue weighted by atomic mass is 79.9. The van der Waals surface area contributed by atoms with E-state index in [1.807, 2.05) is 30.9 Å². The maximum absolute atomic E-state index is 13.0. The van der Waals surface area contributed by atoms with Crippen LogP contribution < -0.4 is 9.64 Å². The molecule has 1 atom stereocenters. The van der Waals surface area contributed by atoms with Crippen LogP contribution in [0.4, 0.5) is 5.69 Å². The maximum atomic E-state index is 13.0. The number of benzene rings is 1. The van der Waals surface area contributed by atoms with Gasteiger partial charge in [0.15, 0.2) is 0 Å². The molecule has 1 aromatic rings. The molecule has 1 heterocycles. The maximum Gasteiger partial charge on any atom is 0.243 e. The van der Waals surface area contributed by atoms with Crippen molar-refractivity contribution >= 4 is 27.5 Å². The summed E-state index contributed by atoms with van der Waals surface area (Å²) in [5, 5.41) is 0. The van der Waals surface area contributed by atoms with Crippen molar-refractivity contribution in [3.8, 4) is 5.75 Å². The molecule has 0 saturated carbocycles. The van der Waals surface area contributed by atoms with E-state index in [1.54, 1.807) is 7.11 Å². The van der Waals surface area contributed by atoms with Crippen molar-refractivity contribution in [2.45, 2.75) is 56.8 Å². The Kier molecular flexibility index (Phi) is 4.13. The molecular weight excluding hydrogens is 330 g/mol. The topological polar surface area (TPSA) is 29.5 Å². The average Bonchev–Trinajstić information content (AvgIpc) is 2.35. The zero-order valence-electron chi connectivity index (χ0n) is 13.7. The van der Waals surface area contributed by atoms with Gasteiger partial charge in [0.2, 0.25) is 5.91 Å². The summed E-state index contributed by atoms with van der Waals surface area (Å²) in [6.07, 6.45) is 0.933. The second-order valence-electron chi connectivity index (χ2n) is 6.93. The summed E-state index contributed by atoms with van der Waals surface area (Å²) in [4.78, 5) is 14.9. The van der Waals surface area contributed by atoms with Gasteiger partial charge >= 0.3 is 0 Å². The van der Waals surface area contributed by atoms with Crippen LogP contribution in [0.2, 0.25) is 0 Å². The molecule has 1 amide bonds. The number of carbonyl (C=O) groups is 1. The Bertz CT molecular complexity index is 560. The minimum Gasteiger partial charge on any atom is -0.495 e. The van der Waals surface area contributed by atoms with Crippen LogP contribution in [-0.2, 0) is 4.79 Å². The molecule has 3 nitrogen and oxygen atoms in total. The van der Waals surface area contributed by atoms with Gasteiger partial charge in [0.1, 0.15) is 5.75 Å². The van der Waals surface area contributed by atoms with Crippen molar-refractivity contribution in [3.63, 3.8) is 0 Å². The number of hydrogen-bond acceptors (Lipinski definition) is 2. The molecule has 0 saturated heterocycles. The van der Waals surface area contributed by atoms with Crippen LogP contribution in [0, 0.1) is 0 Å². The predicted molar refractivity (Wildman–Crippen MR) is 90.6 cm³/mol. The Morgan fingerprint density at radius 2 is 2.05 bits per heavy atom. The Hall–Kier alpha value is -1.03.